The number of rotatable bonds is 3. The minimum atomic E-state index is -0.944. The van der Waals surface area contributed by atoms with Crippen LogP contribution in [0.25, 0.3) is 10.9 Å². The van der Waals surface area contributed by atoms with Gasteiger partial charge in [-0.05, 0) is 11.6 Å². The summed E-state index contributed by atoms with van der Waals surface area (Å²) < 4.78 is 0. The van der Waals surface area contributed by atoms with Gasteiger partial charge in [0.1, 0.15) is 0 Å². The first-order valence-electron chi connectivity index (χ1n) is 4.64. The Morgan fingerprint density at radius 1 is 1.40 bits per heavy atom. The maximum Gasteiger partial charge on any atom is 0.331 e. The topological polar surface area (TPSA) is 53.1 Å². The maximum absolute atomic E-state index is 10.7. The van der Waals surface area contributed by atoms with Gasteiger partial charge < -0.3 is 10.1 Å². The van der Waals surface area contributed by atoms with Crippen LogP contribution < -0.4 is 0 Å². The normalized spacial score (nSPS) is 10.4. The third-order valence-electron chi connectivity index (χ3n) is 2.38. The van der Waals surface area contributed by atoms with Crippen molar-refractivity contribution in [2.45, 2.75) is 6.42 Å². The molecule has 0 unspecified atom stereocenters. The van der Waals surface area contributed by atoms with Crippen molar-refractivity contribution in [2.24, 2.45) is 0 Å². The molecule has 15 heavy (non-hydrogen) atoms. The van der Waals surface area contributed by atoms with E-state index in [2.05, 4.69) is 11.6 Å². The van der Waals surface area contributed by atoms with Crippen LogP contribution in [0.3, 0.4) is 0 Å². The molecule has 0 bridgehead atoms. The van der Waals surface area contributed by atoms with Crippen LogP contribution in [-0.4, -0.2) is 16.1 Å². The van der Waals surface area contributed by atoms with E-state index < -0.39 is 5.97 Å². The van der Waals surface area contributed by atoms with Crippen molar-refractivity contribution in [3.63, 3.8) is 0 Å². The lowest BCUT2D eigenvalue weighted by molar-refractivity contribution is -0.132. The van der Waals surface area contributed by atoms with E-state index in [0.717, 1.165) is 16.5 Å². The van der Waals surface area contributed by atoms with Crippen molar-refractivity contribution in [1.29, 1.82) is 0 Å². The molecular formula is C12H11NO2. The number of nitrogens with one attached hydrogen (secondary N) is 1. The average molecular weight is 201 g/mol. The van der Waals surface area contributed by atoms with Crippen molar-refractivity contribution in [3.8, 4) is 0 Å². The Bertz CT molecular complexity index is 525. The zero-order valence-electron chi connectivity index (χ0n) is 8.16. The van der Waals surface area contributed by atoms with Gasteiger partial charge in [0.2, 0.25) is 0 Å². The second-order valence-electron chi connectivity index (χ2n) is 3.44. The Hall–Kier alpha value is -2.03. The van der Waals surface area contributed by atoms with E-state index in [1.807, 2.05) is 30.5 Å². The number of fused-ring (bicyclic) bond motifs is 1. The highest BCUT2D eigenvalue weighted by atomic mass is 16.4. The van der Waals surface area contributed by atoms with Crippen molar-refractivity contribution in [2.75, 3.05) is 0 Å². The van der Waals surface area contributed by atoms with E-state index in [-0.39, 0.29) is 5.57 Å². The van der Waals surface area contributed by atoms with Crippen LogP contribution in [0.15, 0.2) is 42.6 Å². The third-order valence-corrected chi connectivity index (χ3v) is 2.38. The van der Waals surface area contributed by atoms with Gasteiger partial charge in [0.25, 0.3) is 0 Å². The number of benzene rings is 1. The van der Waals surface area contributed by atoms with Gasteiger partial charge in [0.15, 0.2) is 0 Å². The molecule has 0 atom stereocenters. The minimum Gasteiger partial charge on any atom is -0.478 e. The molecule has 0 radical (unpaired) electrons. The summed E-state index contributed by atoms with van der Waals surface area (Å²) in [6.45, 7) is 3.52. The van der Waals surface area contributed by atoms with Crippen molar-refractivity contribution in [3.05, 3.63) is 48.2 Å². The van der Waals surface area contributed by atoms with E-state index in [1.54, 1.807) is 0 Å². The van der Waals surface area contributed by atoms with Crippen LogP contribution in [0.2, 0.25) is 0 Å². The number of aliphatic carboxylic acids is 1. The first-order valence-corrected chi connectivity index (χ1v) is 4.64. The summed E-state index contributed by atoms with van der Waals surface area (Å²) in [6.07, 6.45) is 2.21. The Morgan fingerprint density at radius 3 is 2.87 bits per heavy atom. The summed E-state index contributed by atoms with van der Waals surface area (Å²) >= 11 is 0. The predicted octanol–water partition coefficient (Wildman–Crippen LogP) is 2.35. The lowest BCUT2D eigenvalue weighted by Gasteiger charge is -1.98. The SMILES string of the molecule is C=C(Cc1c[nH]c2ccccc12)C(=O)O. The first kappa shape index (κ1) is 9.52. The molecule has 0 saturated heterocycles. The standard InChI is InChI=1S/C12H11NO2/c1-8(12(14)15)6-9-7-13-11-5-3-2-4-10(9)11/h2-5,7,13H,1,6H2,(H,14,15). The Kier molecular flexibility index (Phi) is 2.29. The average Bonchev–Trinajstić information content (AvgIpc) is 2.62. The third kappa shape index (κ3) is 1.76. The molecule has 1 aromatic carbocycles. The van der Waals surface area contributed by atoms with Gasteiger partial charge in [0.05, 0.1) is 0 Å². The lowest BCUT2D eigenvalue weighted by Crippen LogP contribution is -2.01. The second kappa shape index (κ2) is 3.61. The number of carboxylic acid groups (broad SMARTS) is 1. The number of carbonyl (C=O) groups is 1. The van der Waals surface area contributed by atoms with Crippen molar-refractivity contribution in [1.82, 2.24) is 4.98 Å². The van der Waals surface area contributed by atoms with Crippen LogP contribution in [-0.2, 0) is 11.2 Å². The second-order valence-corrected chi connectivity index (χ2v) is 3.44. The van der Waals surface area contributed by atoms with Crippen LogP contribution in [0.4, 0.5) is 0 Å². The van der Waals surface area contributed by atoms with Crippen LogP contribution >= 0.6 is 0 Å². The largest absolute Gasteiger partial charge is 0.478 e. The van der Waals surface area contributed by atoms with Gasteiger partial charge in [-0.1, -0.05) is 24.8 Å². The zero-order chi connectivity index (χ0) is 10.8. The fraction of sp³-hybridized carbons (Fsp3) is 0.0833. The number of carboxylic acids is 1. The number of hydrogen-bond acceptors (Lipinski definition) is 1. The molecule has 3 nitrogen and oxygen atoms in total. The van der Waals surface area contributed by atoms with Crippen molar-refractivity contribution >= 4 is 16.9 Å². The molecule has 2 rings (SSSR count). The fourth-order valence-corrected chi connectivity index (χ4v) is 1.58. The van der Waals surface area contributed by atoms with Crippen LogP contribution in [0.1, 0.15) is 5.56 Å². The number of aromatic amines is 1. The van der Waals surface area contributed by atoms with Gasteiger partial charge in [-0.15, -0.1) is 0 Å². The number of para-hydroxylation sites is 1. The monoisotopic (exact) mass is 201 g/mol. The van der Waals surface area contributed by atoms with E-state index in [1.165, 1.54) is 0 Å². The molecule has 0 aliphatic carbocycles. The summed E-state index contributed by atoms with van der Waals surface area (Å²) in [5, 5.41) is 9.80. The van der Waals surface area contributed by atoms with E-state index in [0.29, 0.717) is 6.42 Å². The fourth-order valence-electron chi connectivity index (χ4n) is 1.58. The van der Waals surface area contributed by atoms with E-state index in [4.69, 9.17) is 5.11 Å². The molecule has 0 saturated carbocycles. The summed E-state index contributed by atoms with van der Waals surface area (Å²) in [7, 11) is 0. The summed E-state index contributed by atoms with van der Waals surface area (Å²) in [5.74, 6) is -0.944. The molecule has 0 aliphatic heterocycles. The smallest absolute Gasteiger partial charge is 0.331 e. The van der Waals surface area contributed by atoms with Gasteiger partial charge in [-0.25, -0.2) is 4.79 Å². The van der Waals surface area contributed by atoms with Crippen molar-refractivity contribution < 1.29 is 9.90 Å². The highest BCUT2D eigenvalue weighted by Crippen LogP contribution is 2.19. The Balaban J connectivity index is 2.37. The number of aromatic nitrogens is 1. The van der Waals surface area contributed by atoms with E-state index in [9.17, 15) is 4.79 Å². The molecule has 2 aromatic rings. The lowest BCUT2D eigenvalue weighted by atomic mass is 10.1. The summed E-state index contributed by atoms with van der Waals surface area (Å²) in [6, 6.07) is 7.80. The molecule has 1 heterocycles. The molecule has 0 fully saturated rings. The zero-order valence-corrected chi connectivity index (χ0v) is 8.16. The molecule has 3 heteroatoms. The quantitative estimate of drug-likeness (QED) is 0.749. The molecular weight excluding hydrogens is 190 g/mol. The van der Waals surface area contributed by atoms with Gasteiger partial charge in [-0.3, -0.25) is 0 Å². The Labute approximate surface area is 87.0 Å². The van der Waals surface area contributed by atoms with Crippen LogP contribution in [0.5, 0.6) is 0 Å². The molecule has 0 aliphatic rings. The van der Waals surface area contributed by atoms with Gasteiger partial charge in [-0.2, -0.15) is 0 Å². The minimum absolute atomic E-state index is 0.208. The first-order chi connectivity index (χ1) is 7.18. The summed E-state index contributed by atoms with van der Waals surface area (Å²) in [4.78, 5) is 13.8. The Morgan fingerprint density at radius 2 is 2.13 bits per heavy atom. The van der Waals surface area contributed by atoms with Crippen LogP contribution in [0, 0.1) is 0 Å². The molecule has 0 spiro atoms. The molecule has 2 N–H and O–H groups in total. The molecule has 0 amide bonds. The molecule has 76 valence electrons. The predicted molar refractivity (Wildman–Crippen MR) is 58.8 cm³/mol. The molecule has 1 aromatic heterocycles. The summed E-state index contributed by atoms with van der Waals surface area (Å²) in [5.41, 5.74) is 2.20. The number of H-pyrrole nitrogens is 1. The van der Waals surface area contributed by atoms with Gasteiger partial charge in [0, 0.05) is 29.1 Å². The van der Waals surface area contributed by atoms with E-state index >= 15 is 0 Å². The maximum atomic E-state index is 10.7. The van der Waals surface area contributed by atoms with Gasteiger partial charge >= 0.3 is 5.97 Å². The highest BCUT2D eigenvalue weighted by Gasteiger charge is 2.08. The highest BCUT2D eigenvalue weighted by molar-refractivity contribution is 5.89. The number of hydrogen-bond donors (Lipinski definition) is 2.